The SMILES string of the molecule is CCN(C(=O)c1cc(F)ccc1N1CCN(C2CCCN(C(=O)[C@H]3NC4C[C@@H]3C[C@@H]4CC3CC3)CC2)c2ncncc21)C(C)C. The first-order valence-corrected chi connectivity index (χ1v) is 17.3. The van der Waals surface area contributed by atoms with Gasteiger partial charge in [-0.05, 0) is 95.2 Å². The molecule has 0 radical (unpaired) electrons. The van der Waals surface area contributed by atoms with Gasteiger partial charge in [0, 0.05) is 50.8 Å². The Kier molecular flexibility index (Phi) is 8.44. The summed E-state index contributed by atoms with van der Waals surface area (Å²) in [6, 6.07) is 5.25. The summed E-state index contributed by atoms with van der Waals surface area (Å²) in [5.41, 5.74) is 1.85. The molecule has 2 saturated heterocycles. The zero-order valence-corrected chi connectivity index (χ0v) is 27.0. The van der Waals surface area contributed by atoms with E-state index in [-0.39, 0.29) is 24.0 Å². The first-order valence-electron chi connectivity index (χ1n) is 17.3. The Morgan fingerprint density at radius 3 is 2.64 bits per heavy atom. The monoisotopic (exact) mass is 617 g/mol. The topological polar surface area (TPSA) is 84.9 Å². The Morgan fingerprint density at radius 1 is 1.07 bits per heavy atom. The maximum atomic E-state index is 14.5. The normalized spacial score (nSPS) is 27.9. The minimum absolute atomic E-state index is 0.00314. The molecule has 4 fully saturated rings. The summed E-state index contributed by atoms with van der Waals surface area (Å²) in [4.78, 5) is 44.8. The summed E-state index contributed by atoms with van der Waals surface area (Å²) in [5.74, 6) is 2.73. The van der Waals surface area contributed by atoms with Gasteiger partial charge in [0.25, 0.3) is 5.91 Å². The van der Waals surface area contributed by atoms with Crippen LogP contribution in [0.1, 0.15) is 82.5 Å². The van der Waals surface area contributed by atoms with Gasteiger partial charge in [-0.15, -0.1) is 0 Å². The quantitative estimate of drug-likeness (QED) is 0.447. The molecule has 10 heteroatoms. The van der Waals surface area contributed by atoms with Gasteiger partial charge in [0.1, 0.15) is 17.8 Å². The van der Waals surface area contributed by atoms with E-state index >= 15 is 0 Å². The highest BCUT2D eigenvalue weighted by molar-refractivity contribution is 6.01. The molecule has 7 rings (SSSR count). The van der Waals surface area contributed by atoms with Gasteiger partial charge in [-0.3, -0.25) is 9.59 Å². The molecule has 2 saturated carbocycles. The number of piperidine rings is 1. The average molecular weight is 618 g/mol. The summed E-state index contributed by atoms with van der Waals surface area (Å²) in [6.07, 6.45) is 12.8. The number of carbonyl (C=O) groups excluding carboxylic acids is 2. The van der Waals surface area contributed by atoms with Gasteiger partial charge < -0.3 is 24.9 Å². The van der Waals surface area contributed by atoms with Crippen LogP contribution in [0.3, 0.4) is 0 Å². The molecular formula is C35H48FN7O2. The van der Waals surface area contributed by atoms with Crippen LogP contribution in [0, 0.1) is 23.6 Å². The van der Waals surface area contributed by atoms with Crippen LogP contribution in [0.5, 0.6) is 0 Å². The second-order valence-corrected chi connectivity index (χ2v) is 14.3. The van der Waals surface area contributed by atoms with Gasteiger partial charge in [-0.25, -0.2) is 14.4 Å². The third-order valence-electron chi connectivity index (χ3n) is 11.2. The number of amides is 2. The number of hydrogen-bond donors (Lipinski definition) is 1. The van der Waals surface area contributed by atoms with Gasteiger partial charge in [0.2, 0.25) is 5.91 Å². The molecule has 242 valence electrons. The summed E-state index contributed by atoms with van der Waals surface area (Å²) < 4.78 is 14.5. The molecule has 1 aromatic heterocycles. The number of halogens is 1. The second-order valence-electron chi connectivity index (χ2n) is 14.3. The summed E-state index contributed by atoms with van der Waals surface area (Å²) >= 11 is 0. The van der Waals surface area contributed by atoms with Crippen molar-refractivity contribution in [3.8, 4) is 0 Å². The van der Waals surface area contributed by atoms with Crippen LogP contribution in [-0.2, 0) is 4.79 Å². The number of fused-ring (bicyclic) bond motifs is 3. The number of likely N-dealkylation sites (tertiary alicyclic amines) is 1. The van der Waals surface area contributed by atoms with Crippen molar-refractivity contribution >= 4 is 29.0 Å². The van der Waals surface area contributed by atoms with Crippen molar-refractivity contribution in [2.24, 2.45) is 17.8 Å². The molecule has 2 unspecified atom stereocenters. The van der Waals surface area contributed by atoms with Crippen molar-refractivity contribution in [1.82, 2.24) is 25.1 Å². The van der Waals surface area contributed by atoms with Gasteiger partial charge in [0.05, 0.1) is 23.5 Å². The highest BCUT2D eigenvalue weighted by Crippen LogP contribution is 2.47. The van der Waals surface area contributed by atoms with Crippen molar-refractivity contribution in [2.75, 3.05) is 42.5 Å². The average Bonchev–Trinajstić information content (AvgIpc) is 3.72. The standard InChI is InChI=1S/C35H48FN7O2/c1-4-41(22(2)3)34(44)28-19-26(36)9-10-30(28)43-15-14-42(33-31(43)20-37-21-38-33)27-6-5-12-40(13-11-27)35(45)32-25-17-24(16-23-7-8-23)29(18-25)39-32/h9-10,19-25,27,29,32,39H,4-8,11-18H2,1-3H3/t24-,25-,27?,29?,32-/m0/s1. The maximum Gasteiger partial charge on any atom is 0.256 e. The van der Waals surface area contributed by atoms with Crippen molar-refractivity contribution in [3.63, 3.8) is 0 Å². The molecule has 9 nitrogen and oxygen atoms in total. The van der Waals surface area contributed by atoms with Gasteiger partial charge in [-0.2, -0.15) is 0 Å². The lowest BCUT2D eigenvalue weighted by molar-refractivity contribution is -0.134. The zero-order valence-electron chi connectivity index (χ0n) is 27.0. The third kappa shape index (κ3) is 5.90. The predicted molar refractivity (Wildman–Crippen MR) is 173 cm³/mol. The van der Waals surface area contributed by atoms with Crippen LogP contribution < -0.4 is 15.1 Å². The minimum Gasteiger partial charge on any atom is -0.350 e. The Morgan fingerprint density at radius 2 is 1.91 bits per heavy atom. The van der Waals surface area contributed by atoms with E-state index in [1.807, 2.05) is 20.8 Å². The number of nitrogens with one attached hydrogen (secondary N) is 1. The zero-order chi connectivity index (χ0) is 31.2. The van der Waals surface area contributed by atoms with Gasteiger partial charge in [0.15, 0.2) is 5.82 Å². The number of benzene rings is 1. The fourth-order valence-corrected chi connectivity index (χ4v) is 8.71. The number of aromatic nitrogens is 2. The second kappa shape index (κ2) is 12.5. The molecule has 2 aromatic rings. The fourth-order valence-electron chi connectivity index (χ4n) is 8.71. The Balaban J connectivity index is 1.05. The van der Waals surface area contributed by atoms with E-state index in [4.69, 9.17) is 4.98 Å². The number of rotatable bonds is 8. The molecule has 2 bridgehead atoms. The van der Waals surface area contributed by atoms with Crippen LogP contribution in [0.2, 0.25) is 0 Å². The number of hydrogen-bond acceptors (Lipinski definition) is 7. The lowest BCUT2D eigenvalue weighted by Crippen LogP contribution is -2.52. The molecule has 0 spiro atoms. The Labute approximate surface area is 266 Å². The smallest absolute Gasteiger partial charge is 0.256 e. The molecule has 5 atom stereocenters. The first-order chi connectivity index (χ1) is 21.8. The van der Waals surface area contributed by atoms with Gasteiger partial charge >= 0.3 is 0 Å². The molecule has 2 aliphatic carbocycles. The number of anilines is 3. The Bertz CT molecular complexity index is 1420. The molecule has 3 aliphatic heterocycles. The molecular weight excluding hydrogens is 569 g/mol. The summed E-state index contributed by atoms with van der Waals surface area (Å²) in [7, 11) is 0. The Hall–Kier alpha value is -3.27. The predicted octanol–water partition coefficient (Wildman–Crippen LogP) is 4.99. The third-order valence-corrected chi connectivity index (χ3v) is 11.2. The molecule has 45 heavy (non-hydrogen) atoms. The summed E-state index contributed by atoms with van der Waals surface area (Å²) in [5, 5.41) is 3.76. The number of carbonyl (C=O) groups is 2. The van der Waals surface area contributed by atoms with Crippen molar-refractivity contribution in [3.05, 3.63) is 42.1 Å². The maximum absolute atomic E-state index is 14.5. The van der Waals surface area contributed by atoms with E-state index in [2.05, 4.69) is 25.0 Å². The van der Waals surface area contributed by atoms with Gasteiger partial charge in [-0.1, -0.05) is 12.8 Å². The molecule has 1 aromatic carbocycles. The van der Waals surface area contributed by atoms with Crippen molar-refractivity contribution in [2.45, 2.75) is 96.3 Å². The molecule has 5 aliphatic rings. The van der Waals surface area contributed by atoms with E-state index in [0.717, 1.165) is 55.7 Å². The number of nitrogens with zero attached hydrogens (tertiary/aromatic N) is 6. The van der Waals surface area contributed by atoms with Crippen LogP contribution in [0.4, 0.5) is 21.6 Å². The van der Waals surface area contributed by atoms with Crippen LogP contribution in [-0.4, -0.2) is 88.5 Å². The lowest BCUT2D eigenvalue weighted by atomic mass is 9.90. The minimum atomic E-state index is -0.429. The van der Waals surface area contributed by atoms with E-state index < -0.39 is 5.82 Å². The lowest BCUT2D eigenvalue weighted by Gasteiger charge is -2.42. The first kappa shape index (κ1) is 30.4. The summed E-state index contributed by atoms with van der Waals surface area (Å²) in [6.45, 7) is 9.33. The van der Waals surface area contributed by atoms with Crippen LogP contribution in [0.15, 0.2) is 30.7 Å². The van der Waals surface area contributed by atoms with Crippen LogP contribution in [0.25, 0.3) is 0 Å². The highest BCUT2D eigenvalue weighted by atomic mass is 19.1. The molecule has 1 N–H and O–H groups in total. The van der Waals surface area contributed by atoms with E-state index in [1.165, 1.54) is 44.2 Å². The van der Waals surface area contributed by atoms with Crippen molar-refractivity contribution in [1.29, 1.82) is 0 Å². The van der Waals surface area contributed by atoms with E-state index in [0.29, 0.717) is 48.8 Å². The molecule has 4 heterocycles. The molecule has 2 amide bonds. The highest BCUT2D eigenvalue weighted by Gasteiger charge is 2.50. The van der Waals surface area contributed by atoms with Crippen LogP contribution >= 0.6 is 0 Å². The van der Waals surface area contributed by atoms with E-state index in [9.17, 15) is 14.0 Å². The van der Waals surface area contributed by atoms with Crippen molar-refractivity contribution < 1.29 is 14.0 Å². The van der Waals surface area contributed by atoms with E-state index in [1.54, 1.807) is 23.5 Å². The largest absolute Gasteiger partial charge is 0.350 e. The fraction of sp³-hybridized carbons (Fsp3) is 0.657.